The van der Waals surface area contributed by atoms with Crippen LogP contribution in [0.5, 0.6) is 23.0 Å². The van der Waals surface area contributed by atoms with Crippen molar-refractivity contribution in [1.29, 1.82) is 0 Å². The summed E-state index contributed by atoms with van der Waals surface area (Å²) >= 11 is 0. The van der Waals surface area contributed by atoms with Crippen molar-refractivity contribution in [3.63, 3.8) is 0 Å². The fourth-order valence-corrected chi connectivity index (χ4v) is 2.28. The molecular formula is C16H18O7. The minimum Gasteiger partial charge on any atom is -0.507 e. The van der Waals surface area contributed by atoms with Crippen LogP contribution in [0.4, 0.5) is 0 Å². The zero-order chi connectivity index (χ0) is 17.0. The summed E-state index contributed by atoms with van der Waals surface area (Å²) in [5, 5.41) is 11.3. The van der Waals surface area contributed by atoms with E-state index in [4.69, 9.17) is 18.9 Å². The van der Waals surface area contributed by atoms with Crippen molar-refractivity contribution in [2.75, 3.05) is 35.2 Å². The predicted molar refractivity (Wildman–Crippen MR) is 82.6 cm³/mol. The van der Waals surface area contributed by atoms with Gasteiger partial charge in [-0.2, -0.15) is 0 Å². The molecule has 0 heterocycles. The van der Waals surface area contributed by atoms with E-state index in [0.717, 1.165) is 0 Å². The molecular weight excluding hydrogens is 304 g/mol. The Bertz CT molecular complexity index is 724. The summed E-state index contributed by atoms with van der Waals surface area (Å²) < 4.78 is 25.7. The molecule has 0 aromatic heterocycles. The van der Waals surface area contributed by atoms with Crippen LogP contribution in [0.3, 0.4) is 0 Å². The Kier molecular flexibility index (Phi) is 5.13. The van der Waals surface area contributed by atoms with Gasteiger partial charge in [-0.3, -0.25) is 0 Å². The number of fused-ring (bicyclic) bond motifs is 1. The Morgan fingerprint density at radius 2 is 1.78 bits per heavy atom. The summed E-state index contributed by atoms with van der Waals surface area (Å²) in [7, 11) is 5.69. The molecule has 2 rings (SSSR count). The molecule has 23 heavy (non-hydrogen) atoms. The number of hydrogen-bond acceptors (Lipinski definition) is 7. The first kappa shape index (κ1) is 16.7. The van der Waals surface area contributed by atoms with Gasteiger partial charge in [0.1, 0.15) is 5.75 Å². The van der Waals surface area contributed by atoms with Crippen LogP contribution in [-0.4, -0.2) is 46.3 Å². The number of ether oxygens (including phenoxy) is 5. The molecule has 0 atom stereocenters. The molecule has 0 radical (unpaired) electrons. The van der Waals surface area contributed by atoms with Gasteiger partial charge in [-0.1, -0.05) is 0 Å². The lowest BCUT2D eigenvalue weighted by Crippen LogP contribution is -2.04. The van der Waals surface area contributed by atoms with Crippen LogP contribution in [0.25, 0.3) is 10.8 Å². The second kappa shape index (κ2) is 7.06. The summed E-state index contributed by atoms with van der Waals surface area (Å²) in [5.41, 5.74) is 0.211. The van der Waals surface area contributed by atoms with Crippen molar-refractivity contribution < 1.29 is 33.6 Å². The average Bonchev–Trinajstić information content (AvgIpc) is 2.57. The highest BCUT2D eigenvalue weighted by Crippen LogP contribution is 2.47. The van der Waals surface area contributed by atoms with Crippen molar-refractivity contribution in [3.8, 4) is 23.0 Å². The Balaban J connectivity index is 2.78. The first-order chi connectivity index (χ1) is 11.1. The lowest BCUT2D eigenvalue weighted by molar-refractivity contribution is 0.0499. The molecule has 0 aliphatic heterocycles. The Labute approximate surface area is 133 Å². The highest BCUT2D eigenvalue weighted by Gasteiger charge is 2.21. The van der Waals surface area contributed by atoms with Gasteiger partial charge in [0, 0.05) is 7.11 Å². The smallest absolute Gasteiger partial charge is 0.338 e. The van der Waals surface area contributed by atoms with Crippen molar-refractivity contribution in [2.24, 2.45) is 0 Å². The highest BCUT2D eigenvalue weighted by molar-refractivity contribution is 6.02. The number of esters is 1. The van der Waals surface area contributed by atoms with Gasteiger partial charge in [-0.25, -0.2) is 4.79 Å². The van der Waals surface area contributed by atoms with Gasteiger partial charge in [0.2, 0.25) is 5.75 Å². The van der Waals surface area contributed by atoms with Crippen LogP contribution >= 0.6 is 0 Å². The number of benzene rings is 2. The average molecular weight is 322 g/mol. The van der Waals surface area contributed by atoms with E-state index in [2.05, 4.69) is 4.74 Å². The Morgan fingerprint density at radius 3 is 2.35 bits per heavy atom. The van der Waals surface area contributed by atoms with E-state index in [1.807, 2.05) is 0 Å². The molecule has 0 spiro atoms. The van der Waals surface area contributed by atoms with E-state index < -0.39 is 5.97 Å². The van der Waals surface area contributed by atoms with Crippen LogP contribution < -0.4 is 14.2 Å². The number of carbonyl (C=O) groups excluding carboxylic acids is 1. The lowest BCUT2D eigenvalue weighted by atomic mass is 10.0. The molecule has 1 N–H and O–H groups in total. The van der Waals surface area contributed by atoms with Crippen LogP contribution in [-0.2, 0) is 9.47 Å². The molecule has 0 aliphatic rings. The number of phenols is 1. The second-order valence-electron chi connectivity index (χ2n) is 4.58. The molecule has 2 aromatic rings. The van der Waals surface area contributed by atoms with Gasteiger partial charge in [0.05, 0.1) is 32.3 Å². The summed E-state index contributed by atoms with van der Waals surface area (Å²) in [4.78, 5) is 11.7. The second-order valence-corrected chi connectivity index (χ2v) is 4.58. The SMILES string of the molecule is COCOc1c(OC)c(OC)cc2cc(C(=O)OC)cc(O)c12. The quantitative estimate of drug-likeness (QED) is 0.645. The minimum absolute atomic E-state index is 0.0448. The van der Waals surface area contributed by atoms with Crippen molar-refractivity contribution in [3.05, 3.63) is 23.8 Å². The topological polar surface area (TPSA) is 83.5 Å². The third-order valence-corrected chi connectivity index (χ3v) is 3.26. The van der Waals surface area contributed by atoms with Gasteiger partial charge in [-0.05, 0) is 23.6 Å². The largest absolute Gasteiger partial charge is 0.507 e. The molecule has 7 heteroatoms. The van der Waals surface area contributed by atoms with Gasteiger partial charge in [-0.15, -0.1) is 0 Å². The minimum atomic E-state index is -0.559. The molecule has 0 saturated carbocycles. The van der Waals surface area contributed by atoms with E-state index in [1.54, 1.807) is 12.1 Å². The summed E-state index contributed by atoms with van der Waals surface area (Å²) in [6.07, 6.45) is 0. The maximum Gasteiger partial charge on any atom is 0.338 e. The van der Waals surface area contributed by atoms with E-state index in [-0.39, 0.29) is 23.9 Å². The number of carbonyl (C=O) groups is 1. The van der Waals surface area contributed by atoms with E-state index in [1.165, 1.54) is 34.5 Å². The standard InChI is InChI=1S/C16H18O7/c1-19-8-23-15-13-9(7-12(20-2)14(15)21-3)5-10(6-11(13)17)16(18)22-4/h5-7,17H,8H2,1-4H3. The number of methoxy groups -OCH3 is 4. The molecule has 0 amide bonds. The summed E-state index contributed by atoms with van der Waals surface area (Å²) in [5.74, 6) is 0.273. The molecule has 0 saturated heterocycles. The van der Waals surface area contributed by atoms with Gasteiger partial charge >= 0.3 is 5.97 Å². The maximum absolute atomic E-state index is 11.7. The molecule has 124 valence electrons. The lowest BCUT2D eigenvalue weighted by Gasteiger charge is -2.17. The van der Waals surface area contributed by atoms with E-state index in [0.29, 0.717) is 22.3 Å². The third kappa shape index (κ3) is 3.09. The van der Waals surface area contributed by atoms with Crippen LogP contribution in [0.15, 0.2) is 18.2 Å². The monoisotopic (exact) mass is 322 g/mol. The highest BCUT2D eigenvalue weighted by atomic mass is 16.7. The number of rotatable bonds is 6. The molecule has 0 bridgehead atoms. The fourth-order valence-electron chi connectivity index (χ4n) is 2.28. The molecule has 7 nitrogen and oxygen atoms in total. The van der Waals surface area contributed by atoms with Gasteiger partial charge < -0.3 is 28.8 Å². The first-order valence-corrected chi connectivity index (χ1v) is 6.69. The number of aromatic hydroxyl groups is 1. The Morgan fingerprint density at radius 1 is 1.04 bits per heavy atom. The number of phenolic OH excluding ortho intramolecular Hbond substituents is 1. The van der Waals surface area contributed by atoms with E-state index >= 15 is 0 Å². The van der Waals surface area contributed by atoms with E-state index in [9.17, 15) is 9.90 Å². The summed E-state index contributed by atoms with van der Waals surface area (Å²) in [6, 6.07) is 4.52. The number of hydrogen-bond donors (Lipinski definition) is 1. The molecule has 2 aromatic carbocycles. The van der Waals surface area contributed by atoms with Crippen molar-refractivity contribution in [1.82, 2.24) is 0 Å². The molecule has 0 unspecified atom stereocenters. The van der Waals surface area contributed by atoms with Crippen molar-refractivity contribution >= 4 is 16.7 Å². The fraction of sp³-hybridized carbons (Fsp3) is 0.312. The third-order valence-electron chi connectivity index (χ3n) is 3.26. The molecule has 0 aliphatic carbocycles. The van der Waals surface area contributed by atoms with Crippen LogP contribution in [0, 0.1) is 0 Å². The zero-order valence-corrected chi connectivity index (χ0v) is 13.3. The van der Waals surface area contributed by atoms with Gasteiger partial charge in [0.15, 0.2) is 18.3 Å². The van der Waals surface area contributed by atoms with Crippen molar-refractivity contribution in [2.45, 2.75) is 0 Å². The normalized spacial score (nSPS) is 10.4. The van der Waals surface area contributed by atoms with Gasteiger partial charge in [0.25, 0.3) is 0 Å². The van der Waals surface area contributed by atoms with Crippen LogP contribution in [0.2, 0.25) is 0 Å². The predicted octanol–water partition coefficient (Wildman–Crippen LogP) is 2.33. The van der Waals surface area contributed by atoms with Crippen LogP contribution in [0.1, 0.15) is 10.4 Å². The molecule has 0 fully saturated rings. The first-order valence-electron chi connectivity index (χ1n) is 6.69. The Hall–Kier alpha value is -2.67. The summed E-state index contributed by atoms with van der Waals surface area (Å²) in [6.45, 7) is -0.0448. The zero-order valence-electron chi connectivity index (χ0n) is 13.3. The maximum atomic E-state index is 11.7.